The van der Waals surface area contributed by atoms with E-state index in [1.165, 1.54) is 62.5 Å². The Morgan fingerprint density at radius 2 is 1.68 bits per heavy atom. The SMILES string of the molecule is CCCCCCCCOc1ccc(CC2=CCCC=C2)cc1. The van der Waals surface area contributed by atoms with Gasteiger partial charge in [0.25, 0.3) is 0 Å². The second-order valence-electron chi connectivity index (χ2n) is 6.20. The molecule has 2 rings (SSSR count). The number of unbranched alkanes of at least 4 members (excludes halogenated alkanes) is 5. The number of hydrogen-bond donors (Lipinski definition) is 0. The van der Waals surface area contributed by atoms with Gasteiger partial charge in [-0.15, -0.1) is 0 Å². The fourth-order valence-electron chi connectivity index (χ4n) is 2.81. The minimum Gasteiger partial charge on any atom is -0.494 e. The molecule has 0 aliphatic heterocycles. The molecule has 0 saturated heterocycles. The summed E-state index contributed by atoms with van der Waals surface area (Å²) < 4.78 is 5.83. The highest BCUT2D eigenvalue weighted by atomic mass is 16.5. The van der Waals surface area contributed by atoms with E-state index >= 15 is 0 Å². The summed E-state index contributed by atoms with van der Waals surface area (Å²) in [5.41, 5.74) is 2.80. The Labute approximate surface area is 136 Å². The van der Waals surface area contributed by atoms with E-state index in [1.54, 1.807) is 0 Å². The summed E-state index contributed by atoms with van der Waals surface area (Å²) in [5, 5.41) is 0. The zero-order valence-electron chi connectivity index (χ0n) is 14.0. The molecule has 0 amide bonds. The van der Waals surface area contributed by atoms with Gasteiger partial charge in [-0.05, 0) is 49.0 Å². The Morgan fingerprint density at radius 3 is 2.41 bits per heavy atom. The van der Waals surface area contributed by atoms with Gasteiger partial charge in [-0.25, -0.2) is 0 Å². The van der Waals surface area contributed by atoms with Crippen LogP contribution in [-0.4, -0.2) is 6.61 Å². The lowest BCUT2D eigenvalue weighted by molar-refractivity contribution is 0.304. The van der Waals surface area contributed by atoms with Crippen molar-refractivity contribution in [2.24, 2.45) is 0 Å². The number of ether oxygens (including phenoxy) is 1. The lowest BCUT2D eigenvalue weighted by atomic mass is 10.00. The zero-order valence-corrected chi connectivity index (χ0v) is 14.0. The first-order valence-electron chi connectivity index (χ1n) is 8.96. The Kier molecular flexibility index (Phi) is 7.87. The lowest BCUT2D eigenvalue weighted by Gasteiger charge is -2.09. The molecule has 0 N–H and O–H groups in total. The molecule has 1 aliphatic carbocycles. The van der Waals surface area contributed by atoms with Crippen LogP contribution >= 0.6 is 0 Å². The minimum absolute atomic E-state index is 0.847. The Bertz CT molecular complexity index is 467. The van der Waals surface area contributed by atoms with Crippen LogP contribution in [0.1, 0.15) is 63.9 Å². The van der Waals surface area contributed by atoms with Gasteiger partial charge in [0.1, 0.15) is 5.75 Å². The normalized spacial score (nSPS) is 14.0. The molecule has 1 nitrogen and oxygen atoms in total. The van der Waals surface area contributed by atoms with Gasteiger partial charge in [0, 0.05) is 0 Å². The molecule has 22 heavy (non-hydrogen) atoms. The summed E-state index contributed by atoms with van der Waals surface area (Å²) >= 11 is 0. The highest BCUT2D eigenvalue weighted by molar-refractivity contribution is 5.33. The van der Waals surface area contributed by atoms with Crippen LogP contribution in [0, 0.1) is 0 Å². The third-order valence-electron chi connectivity index (χ3n) is 4.17. The monoisotopic (exact) mass is 298 g/mol. The maximum atomic E-state index is 5.83. The highest BCUT2D eigenvalue weighted by Crippen LogP contribution is 2.18. The first-order chi connectivity index (χ1) is 10.9. The van der Waals surface area contributed by atoms with Crippen molar-refractivity contribution in [1.29, 1.82) is 0 Å². The molecule has 0 spiro atoms. The Morgan fingerprint density at radius 1 is 0.909 bits per heavy atom. The van der Waals surface area contributed by atoms with Crippen molar-refractivity contribution in [3.05, 3.63) is 53.6 Å². The summed E-state index contributed by atoms with van der Waals surface area (Å²) in [6.07, 6.45) is 18.1. The van der Waals surface area contributed by atoms with E-state index in [1.807, 2.05) is 0 Å². The summed E-state index contributed by atoms with van der Waals surface area (Å²) in [6.45, 7) is 3.10. The van der Waals surface area contributed by atoms with Crippen molar-refractivity contribution in [2.75, 3.05) is 6.61 Å². The van der Waals surface area contributed by atoms with E-state index in [0.29, 0.717) is 0 Å². The fourth-order valence-corrected chi connectivity index (χ4v) is 2.81. The molecule has 0 saturated carbocycles. The molecule has 1 aliphatic rings. The standard InChI is InChI=1S/C21H30O/c1-2-3-4-5-6-10-17-22-21-15-13-20(14-16-21)18-19-11-8-7-9-12-19/h8,11-16H,2-7,9-10,17-18H2,1H3. The molecule has 1 aromatic carbocycles. The van der Waals surface area contributed by atoms with Gasteiger partial charge < -0.3 is 4.74 Å². The van der Waals surface area contributed by atoms with Crippen molar-refractivity contribution >= 4 is 0 Å². The van der Waals surface area contributed by atoms with Gasteiger partial charge in [-0.3, -0.25) is 0 Å². The van der Waals surface area contributed by atoms with Gasteiger partial charge >= 0.3 is 0 Å². The van der Waals surface area contributed by atoms with Crippen LogP contribution in [0.3, 0.4) is 0 Å². The van der Waals surface area contributed by atoms with Crippen molar-refractivity contribution in [3.8, 4) is 5.75 Å². The Hall–Kier alpha value is -1.50. The quantitative estimate of drug-likeness (QED) is 0.464. The second-order valence-corrected chi connectivity index (χ2v) is 6.20. The van der Waals surface area contributed by atoms with Gasteiger partial charge in [-0.1, -0.05) is 69.4 Å². The number of benzene rings is 1. The number of allylic oxidation sites excluding steroid dienone is 4. The van der Waals surface area contributed by atoms with E-state index in [0.717, 1.165) is 18.8 Å². The van der Waals surface area contributed by atoms with Gasteiger partial charge in [0.2, 0.25) is 0 Å². The predicted molar refractivity (Wildman–Crippen MR) is 95.5 cm³/mol. The molecule has 0 atom stereocenters. The lowest BCUT2D eigenvalue weighted by Crippen LogP contribution is -1.98. The predicted octanol–water partition coefficient (Wildman–Crippen LogP) is 6.24. The van der Waals surface area contributed by atoms with E-state index in [4.69, 9.17) is 4.74 Å². The molecule has 120 valence electrons. The summed E-state index contributed by atoms with van der Waals surface area (Å²) in [4.78, 5) is 0. The fraction of sp³-hybridized carbons (Fsp3) is 0.524. The summed E-state index contributed by atoms with van der Waals surface area (Å²) in [6, 6.07) is 8.61. The van der Waals surface area contributed by atoms with E-state index in [9.17, 15) is 0 Å². The van der Waals surface area contributed by atoms with Gasteiger partial charge in [0.05, 0.1) is 6.61 Å². The molecule has 0 unspecified atom stereocenters. The van der Waals surface area contributed by atoms with Crippen molar-refractivity contribution in [2.45, 2.75) is 64.7 Å². The van der Waals surface area contributed by atoms with Crippen LogP contribution < -0.4 is 4.74 Å². The molecule has 0 radical (unpaired) electrons. The molecule has 1 aromatic rings. The molecule has 1 heteroatoms. The maximum Gasteiger partial charge on any atom is 0.119 e. The largest absolute Gasteiger partial charge is 0.494 e. The topological polar surface area (TPSA) is 9.23 Å². The molecular weight excluding hydrogens is 268 g/mol. The van der Waals surface area contributed by atoms with E-state index in [-0.39, 0.29) is 0 Å². The van der Waals surface area contributed by atoms with E-state index < -0.39 is 0 Å². The van der Waals surface area contributed by atoms with Crippen molar-refractivity contribution in [1.82, 2.24) is 0 Å². The molecule has 0 heterocycles. The van der Waals surface area contributed by atoms with Crippen LogP contribution in [0.15, 0.2) is 48.1 Å². The molecule has 0 fully saturated rings. The van der Waals surface area contributed by atoms with Crippen LogP contribution in [0.25, 0.3) is 0 Å². The minimum atomic E-state index is 0.847. The highest BCUT2D eigenvalue weighted by Gasteiger charge is 2.01. The average molecular weight is 298 g/mol. The first kappa shape index (κ1) is 16.9. The van der Waals surface area contributed by atoms with Gasteiger partial charge in [0.15, 0.2) is 0 Å². The van der Waals surface area contributed by atoms with Crippen molar-refractivity contribution in [3.63, 3.8) is 0 Å². The maximum absolute atomic E-state index is 5.83. The summed E-state index contributed by atoms with van der Waals surface area (Å²) in [5.74, 6) is 1.01. The van der Waals surface area contributed by atoms with Crippen LogP contribution in [0.2, 0.25) is 0 Å². The molecule has 0 bridgehead atoms. The third kappa shape index (κ3) is 6.51. The van der Waals surface area contributed by atoms with Crippen LogP contribution in [0.5, 0.6) is 5.75 Å². The van der Waals surface area contributed by atoms with Crippen molar-refractivity contribution < 1.29 is 4.74 Å². The van der Waals surface area contributed by atoms with Crippen LogP contribution in [-0.2, 0) is 6.42 Å². The zero-order chi connectivity index (χ0) is 15.5. The Balaban J connectivity index is 1.64. The molecular formula is C21H30O. The van der Waals surface area contributed by atoms with E-state index in [2.05, 4.69) is 49.4 Å². The third-order valence-corrected chi connectivity index (χ3v) is 4.17. The molecule has 0 aromatic heterocycles. The number of rotatable bonds is 10. The van der Waals surface area contributed by atoms with Gasteiger partial charge in [-0.2, -0.15) is 0 Å². The average Bonchev–Trinajstić information content (AvgIpc) is 2.56. The number of hydrogen-bond acceptors (Lipinski definition) is 1. The smallest absolute Gasteiger partial charge is 0.119 e. The second kappa shape index (κ2) is 10.3. The van der Waals surface area contributed by atoms with Crippen LogP contribution in [0.4, 0.5) is 0 Å². The summed E-state index contributed by atoms with van der Waals surface area (Å²) in [7, 11) is 0. The first-order valence-corrected chi connectivity index (χ1v) is 8.96.